The van der Waals surface area contributed by atoms with Crippen molar-refractivity contribution < 1.29 is 9.26 Å². The van der Waals surface area contributed by atoms with Gasteiger partial charge in [-0.25, -0.2) is 0 Å². The summed E-state index contributed by atoms with van der Waals surface area (Å²) < 4.78 is 13.7. The van der Waals surface area contributed by atoms with Gasteiger partial charge in [-0.1, -0.05) is 24.1 Å². The highest BCUT2D eigenvalue weighted by atomic mass is 16.5. The van der Waals surface area contributed by atoms with E-state index in [4.69, 9.17) is 9.26 Å². The van der Waals surface area contributed by atoms with Gasteiger partial charge < -0.3 is 13.8 Å². The van der Waals surface area contributed by atoms with Crippen LogP contribution in [0.3, 0.4) is 0 Å². The Kier molecular flexibility index (Phi) is 4.57. The molecule has 1 aliphatic carbocycles. The molecule has 1 aromatic carbocycles. The Morgan fingerprint density at radius 1 is 1.07 bits per heavy atom. The molecule has 0 amide bonds. The molecule has 0 N–H and O–H groups in total. The molecule has 2 fully saturated rings. The summed E-state index contributed by atoms with van der Waals surface area (Å²) in [5.41, 5.74) is 1.31. The third kappa shape index (κ3) is 3.46. The quantitative estimate of drug-likeness (QED) is 0.678. The Morgan fingerprint density at radius 3 is 2.70 bits per heavy atom. The van der Waals surface area contributed by atoms with Gasteiger partial charge in [0.15, 0.2) is 5.82 Å². The second kappa shape index (κ2) is 7.35. The first-order chi connectivity index (χ1) is 13.4. The first-order valence-electron chi connectivity index (χ1n) is 10.1. The van der Waals surface area contributed by atoms with Crippen LogP contribution in [0.1, 0.15) is 50.4 Å². The van der Waals surface area contributed by atoms with Crippen molar-refractivity contribution >= 4 is 10.9 Å². The summed E-state index contributed by atoms with van der Waals surface area (Å²) in [6, 6.07) is 9.37. The SMILES string of the molecule is c1cc(OC2CCN(Cc3ncon3)CC2)c2ccn(C3CCCC3)c2c1. The smallest absolute Gasteiger partial charge is 0.213 e. The summed E-state index contributed by atoms with van der Waals surface area (Å²) in [6.45, 7) is 2.75. The van der Waals surface area contributed by atoms with Crippen molar-refractivity contribution in [3.05, 3.63) is 42.7 Å². The number of hydrogen-bond donors (Lipinski definition) is 0. The van der Waals surface area contributed by atoms with Gasteiger partial charge >= 0.3 is 0 Å². The topological polar surface area (TPSA) is 56.3 Å². The molecule has 27 heavy (non-hydrogen) atoms. The highest BCUT2D eigenvalue weighted by Gasteiger charge is 2.23. The summed E-state index contributed by atoms with van der Waals surface area (Å²) in [4.78, 5) is 6.48. The van der Waals surface area contributed by atoms with Crippen molar-refractivity contribution in [3.8, 4) is 5.75 Å². The van der Waals surface area contributed by atoms with Crippen LogP contribution in [0, 0.1) is 0 Å². The van der Waals surface area contributed by atoms with Crippen LogP contribution >= 0.6 is 0 Å². The lowest BCUT2D eigenvalue weighted by molar-refractivity contribution is 0.0960. The molecule has 6 heteroatoms. The summed E-state index contributed by atoms with van der Waals surface area (Å²) in [5, 5.41) is 5.15. The van der Waals surface area contributed by atoms with Crippen LogP contribution in [-0.2, 0) is 6.54 Å². The van der Waals surface area contributed by atoms with Crippen LogP contribution in [0.2, 0.25) is 0 Å². The molecule has 2 aliphatic rings. The van der Waals surface area contributed by atoms with Gasteiger partial charge in [-0.05, 0) is 43.9 Å². The average Bonchev–Trinajstić information content (AvgIpc) is 3.45. The van der Waals surface area contributed by atoms with E-state index in [0.29, 0.717) is 6.04 Å². The van der Waals surface area contributed by atoms with Crippen molar-refractivity contribution in [1.82, 2.24) is 19.6 Å². The predicted molar refractivity (Wildman–Crippen MR) is 103 cm³/mol. The highest BCUT2D eigenvalue weighted by molar-refractivity contribution is 5.86. The molecule has 0 unspecified atom stereocenters. The minimum atomic E-state index is 0.270. The van der Waals surface area contributed by atoms with E-state index in [1.807, 2.05) is 0 Å². The van der Waals surface area contributed by atoms with E-state index in [1.165, 1.54) is 43.0 Å². The number of aromatic nitrogens is 3. The zero-order valence-corrected chi connectivity index (χ0v) is 15.6. The maximum Gasteiger partial charge on any atom is 0.213 e. The lowest BCUT2D eigenvalue weighted by Crippen LogP contribution is -2.38. The van der Waals surface area contributed by atoms with E-state index in [0.717, 1.165) is 44.0 Å². The molecule has 1 saturated heterocycles. The molecule has 5 rings (SSSR count). The van der Waals surface area contributed by atoms with Gasteiger partial charge in [0.1, 0.15) is 11.9 Å². The minimum Gasteiger partial charge on any atom is -0.490 e. The van der Waals surface area contributed by atoms with Crippen molar-refractivity contribution in [1.29, 1.82) is 0 Å². The molecule has 1 saturated carbocycles. The molecular weight excluding hydrogens is 340 g/mol. The molecule has 142 valence electrons. The zero-order chi connectivity index (χ0) is 18.1. The van der Waals surface area contributed by atoms with E-state index in [9.17, 15) is 0 Å². The Morgan fingerprint density at radius 2 is 1.93 bits per heavy atom. The normalized spacial score (nSPS) is 19.9. The zero-order valence-electron chi connectivity index (χ0n) is 15.6. The van der Waals surface area contributed by atoms with Crippen molar-refractivity contribution in [3.63, 3.8) is 0 Å². The molecule has 2 aromatic heterocycles. The lowest BCUT2D eigenvalue weighted by atomic mass is 10.1. The van der Waals surface area contributed by atoms with Crippen LogP contribution in [0.15, 0.2) is 41.4 Å². The van der Waals surface area contributed by atoms with Crippen molar-refractivity contribution in [2.45, 2.75) is 57.2 Å². The number of nitrogens with zero attached hydrogens (tertiary/aromatic N) is 4. The fourth-order valence-corrected chi connectivity index (χ4v) is 4.59. The molecule has 3 aromatic rings. The van der Waals surface area contributed by atoms with E-state index in [-0.39, 0.29) is 6.10 Å². The van der Waals surface area contributed by atoms with E-state index < -0.39 is 0 Å². The largest absolute Gasteiger partial charge is 0.490 e. The molecule has 1 aliphatic heterocycles. The lowest BCUT2D eigenvalue weighted by Gasteiger charge is -2.31. The van der Waals surface area contributed by atoms with Crippen LogP contribution in [0.25, 0.3) is 10.9 Å². The van der Waals surface area contributed by atoms with Crippen molar-refractivity contribution in [2.24, 2.45) is 0 Å². The minimum absolute atomic E-state index is 0.270. The maximum absolute atomic E-state index is 6.44. The Bertz CT molecular complexity index is 875. The summed E-state index contributed by atoms with van der Waals surface area (Å²) >= 11 is 0. The summed E-state index contributed by atoms with van der Waals surface area (Å²) in [6.07, 6.45) is 11.3. The van der Waals surface area contributed by atoms with E-state index in [2.05, 4.69) is 50.1 Å². The van der Waals surface area contributed by atoms with Gasteiger partial charge in [0.2, 0.25) is 6.39 Å². The van der Waals surface area contributed by atoms with Gasteiger partial charge in [0.25, 0.3) is 0 Å². The third-order valence-corrected chi connectivity index (χ3v) is 6.04. The van der Waals surface area contributed by atoms with Gasteiger partial charge in [0, 0.05) is 30.7 Å². The predicted octanol–water partition coefficient (Wildman–Crippen LogP) is 4.18. The van der Waals surface area contributed by atoms with Gasteiger partial charge in [0.05, 0.1) is 12.1 Å². The van der Waals surface area contributed by atoms with Crippen LogP contribution in [0.5, 0.6) is 5.75 Å². The highest BCUT2D eigenvalue weighted by Crippen LogP contribution is 2.36. The second-order valence-electron chi connectivity index (χ2n) is 7.79. The molecule has 0 radical (unpaired) electrons. The van der Waals surface area contributed by atoms with Gasteiger partial charge in [-0.3, -0.25) is 4.90 Å². The Labute approximate surface area is 159 Å². The van der Waals surface area contributed by atoms with E-state index in [1.54, 1.807) is 0 Å². The molecule has 6 nitrogen and oxygen atoms in total. The van der Waals surface area contributed by atoms with Gasteiger partial charge in [-0.2, -0.15) is 4.98 Å². The fraction of sp³-hybridized carbons (Fsp3) is 0.524. The number of ether oxygens (including phenoxy) is 1. The maximum atomic E-state index is 6.44. The monoisotopic (exact) mass is 366 g/mol. The molecule has 0 bridgehead atoms. The second-order valence-corrected chi connectivity index (χ2v) is 7.79. The average molecular weight is 366 g/mol. The summed E-state index contributed by atoms with van der Waals surface area (Å²) in [5.74, 6) is 1.79. The molecular formula is C21H26N4O2. The van der Waals surface area contributed by atoms with Crippen molar-refractivity contribution in [2.75, 3.05) is 13.1 Å². The van der Waals surface area contributed by atoms with Crippen LogP contribution in [0.4, 0.5) is 0 Å². The number of rotatable bonds is 5. The standard InChI is InChI=1S/C21H26N4O2/c1-2-5-16(4-1)25-13-10-18-19(25)6-3-7-20(18)27-17-8-11-24(12-9-17)14-21-22-15-26-23-21/h3,6-7,10,13,15-17H,1-2,4-5,8-9,11-12,14H2. The first kappa shape index (κ1) is 16.8. The molecule has 3 heterocycles. The number of benzene rings is 1. The Hall–Kier alpha value is -2.34. The van der Waals surface area contributed by atoms with Gasteiger partial charge in [-0.15, -0.1) is 0 Å². The fourth-order valence-electron chi connectivity index (χ4n) is 4.59. The third-order valence-electron chi connectivity index (χ3n) is 6.04. The number of likely N-dealkylation sites (tertiary alicyclic amines) is 1. The van der Waals surface area contributed by atoms with E-state index >= 15 is 0 Å². The molecule has 0 spiro atoms. The molecule has 0 atom stereocenters. The van der Waals surface area contributed by atoms with Crippen LogP contribution in [-0.4, -0.2) is 38.8 Å². The van der Waals surface area contributed by atoms with Crippen LogP contribution < -0.4 is 4.74 Å². The first-order valence-corrected chi connectivity index (χ1v) is 10.1. The Balaban J connectivity index is 1.25. The summed E-state index contributed by atoms with van der Waals surface area (Å²) in [7, 11) is 0. The number of hydrogen-bond acceptors (Lipinski definition) is 5. The number of fused-ring (bicyclic) bond motifs is 1. The number of piperidine rings is 1.